The van der Waals surface area contributed by atoms with E-state index in [1.165, 1.54) is 0 Å². The number of hydrogen-bond acceptors (Lipinski definition) is 2. The van der Waals surface area contributed by atoms with Crippen LogP contribution in [0.2, 0.25) is 0 Å². The van der Waals surface area contributed by atoms with Gasteiger partial charge in [0.25, 0.3) is 0 Å². The Bertz CT molecular complexity index is 420. The lowest BCUT2D eigenvalue weighted by molar-refractivity contribution is -0.142. The molecule has 1 amide bonds. The molecule has 0 fully saturated rings. The molecular formula is C14H19NO3. The Hall–Kier alpha value is -1.84. The molecule has 0 unspecified atom stereocenters. The maximum Gasteiger partial charge on any atom is 0.330 e. The van der Waals surface area contributed by atoms with Crippen LogP contribution < -0.4 is 5.32 Å². The molecule has 1 aromatic rings. The van der Waals surface area contributed by atoms with Crippen molar-refractivity contribution in [2.45, 2.75) is 33.2 Å². The zero-order chi connectivity index (χ0) is 13.8. The Labute approximate surface area is 107 Å². The molecule has 0 aliphatic rings. The second kappa shape index (κ2) is 5.67. The zero-order valence-corrected chi connectivity index (χ0v) is 10.9. The third-order valence-corrected chi connectivity index (χ3v) is 2.38. The van der Waals surface area contributed by atoms with E-state index >= 15 is 0 Å². The van der Waals surface area contributed by atoms with Crippen LogP contribution >= 0.6 is 0 Å². The minimum atomic E-state index is -1.05. The highest BCUT2D eigenvalue weighted by molar-refractivity contribution is 5.84. The summed E-state index contributed by atoms with van der Waals surface area (Å²) in [6.07, 6.45) is 0.295. The van der Waals surface area contributed by atoms with Gasteiger partial charge in [0, 0.05) is 6.42 Å². The fourth-order valence-electron chi connectivity index (χ4n) is 1.63. The summed E-state index contributed by atoms with van der Waals surface area (Å²) in [6.45, 7) is 5.81. The molecule has 1 rings (SSSR count). The molecule has 0 saturated carbocycles. The summed E-state index contributed by atoms with van der Waals surface area (Å²) in [6, 6.07) is 7.70. The number of carbonyl (C=O) groups excluding carboxylic acids is 1. The summed E-state index contributed by atoms with van der Waals surface area (Å²) < 4.78 is 0. The van der Waals surface area contributed by atoms with Gasteiger partial charge in [-0.25, -0.2) is 4.79 Å². The van der Waals surface area contributed by atoms with E-state index in [-0.39, 0.29) is 11.3 Å². The zero-order valence-electron chi connectivity index (χ0n) is 10.9. The molecule has 4 nitrogen and oxygen atoms in total. The van der Waals surface area contributed by atoms with E-state index in [9.17, 15) is 9.59 Å². The molecule has 4 heteroatoms. The predicted octanol–water partition coefficient (Wildman–Crippen LogP) is 2.36. The van der Waals surface area contributed by atoms with Crippen molar-refractivity contribution in [2.24, 2.45) is 5.41 Å². The number of benzene rings is 1. The first-order valence-corrected chi connectivity index (χ1v) is 5.87. The lowest BCUT2D eigenvalue weighted by Crippen LogP contribution is -2.35. The largest absolute Gasteiger partial charge is 0.479 e. The van der Waals surface area contributed by atoms with Crippen molar-refractivity contribution in [1.82, 2.24) is 5.32 Å². The van der Waals surface area contributed by atoms with E-state index in [4.69, 9.17) is 5.11 Å². The molecule has 98 valence electrons. The predicted molar refractivity (Wildman–Crippen MR) is 69.0 cm³/mol. The average Bonchev–Trinajstić information content (AvgIpc) is 2.24. The third kappa shape index (κ3) is 4.57. The number of aliphatic carboxylic acids is 1. The van der Waals surface area contributed by atoms with E-state index < -0.39 is 12.0 Å². The fraction of sp³-hybridized carbons (Fsp3) is 0.429. The normalized spacial score (nSPS) is 12.8. The molecule has 0 spiro atoms. The van der Waals surface area contributed by atoms with Gasteiger partial charge in [0.15, 0.2) is 6.04 Å². The second-order valence-electron chi connectivity index (χ2n) is 5.49. The number of nitrogens with one attached hydrogen (secondary N) is 1. The molecule has 1 atom stereocenters. The fourth-order valence-corrected chi connectivity index (χ4v) is 1.63. The number of carboxylic acid groups (broad SMARTS) is 1. The van der Waals surface area contributed by atoms with Gasteiger partial charge in [-0.05, 0) is 11.0 Å². The van der Waals surface area contributed by atoms with Crippen LogP contribution in [0.25, 0.3) is 0 Å². The van der Waals surface area contributed by atoms with Gasteiger partial charge in [0.1, 0.15) is 0 Å². The monoisotopic (exact) mass is 249 g/mol. The van der Waals surface area contributed by atoms with Gasteiger partial charge >= 0.3 is 5.97 Å². The van der Waals surface area contributed by atoms with Gasteiger partial charge in [-0.3, -0.25) is 4.79 Å². The number of amides is 1. The maximum atomic E-state index is 11.8. The van der Waals surface area contributed by atoms with E-state index in [1.807, 2.05) is 20.8 Å². The van der Waals surface area contributed by atoms with Gasteiger partial charge < -0.3 is 10.4 Å². The van der Waals surface area contributed by atoms with Crippen molar-refractivity contribution in [1.29, 1.82) is 0 Å². The van der Waals surface area contributed by atoms with Gasteiger partial charge in [0.05, 0.1) is 0 Å². The van der Waals surface area contributed by atoms with Crippen molar-refractivity contribution < 1.29 is 14.7 Å². The summed E-state index contributed by atoms with van der Waals surface area (Å²) in [4.78, 5) is 23.0. The van der Waals surface area contributed by atoms with E-state index in [0.29, 0.717) is 12.0 Å². The summed E-state index contributed by atoms with van der Waals surface area (Å²) in [5, 5.41) is 11.7. The minimum Gasteiger partial charge on any atom is -0.479 e. The molecular weight excluding hydrogens is 230 g/mol. The van der Waals surface area contributed by atoms with Crippen LogP contribution in [0.15, 0.2) is 30.3 Å². The summed E-state index contributed by atoms with van der Waals surface area (Å²) in [7, 11) is 0. The SMILES string of the molecule is CC(C)(C)CC(=O)N[C@H](C(=O)O)c1ccccc1. The van der Waals surface area contributed by atoms with Crippen molar-refractivity contribution in [3.05, 3.63) is 35.9 Å². The highest BCUT2D eigenvalue weighted by Crippen LogP contribution is 2.19. The molecule has 0 aliphatic heterocycles. The first-order valence-electron chi connectivity index (χ1n) is 5.87. The highest BCUT2D eigenvalue weighted by Gasteiger charge is 2.24. The van der Waals surface area contributed by atoms with Gasteiger partial charge in [0.2, 0.25) is 5.91 Å². The number of carboxylic acids is 1. The van der Waals surface area contributed by atoms with Crippen molar-refractivity contribution in [2.75, 3.05) is 0 Å². The number of hydrogen-bond donors (Lipinski definition) is 2. The number of rotatable bonds is 4. The number of carbonyl (C=O) groups is 2. The minimum absolute atomic E-state index is 0.163. The quantitative estimate of drug-likeness (QED) is 0.860. The smallest absolute Gasteiger partial charge is 0.330 e. The molecule has 0 heterocycles. The highest BCUT2D eigenvalue weighted by atomic mass is 16.4. The van der Waals surface area contributed by atoms with Crippen LogP contribution in [-0.4, -0.2) is 17.0 Å². The molecule has 18 heavy (non-hydrogen) atoms. The lowest BCUT2D eigenvalue weighted by atomic mass is 9.91. The summed E-state index contributed by atoms with van der Waals surface area (Å²) in [5.41, 5.74) is 0.413. The maximum absolute atomic E-state index is 11.8. The standard InChI is InChI=1S/C14H19NO3/c1-14(2,3)9-11(16)15-12(13(17)18)10-7-5-4-6-8-10/h4-8,12H,9H2,1-3H3,(H,15,16)(H,17,18)/t12-/m0/s1. The first-order chi connectivity index (χ1) is 8.29. The van der Waals surface area contributed by atoms with E-state index in [1.54, 1.807) is 30.3 Å². The average molecular weight is 249 g/mol. The van der Waals surface area contributed by atoms with Crippen LogP contribution in [0.3, 0.4) is 0 Å². The summed E-state index contributed by atoms with van der Waals surface area (Å²) >= 11 is 0. The topological polar surface area (TPSA) is 66.4 Å². The third-order valence-electron chi connectivity index (χ3n) is 2.38. The van der Waals surface area contributed by atoms with Crippen LogP contribution in [0.4, 0.5) is 0 Å². The second-order valence-corrected chi connectivity index (χ2v) is 5.49. The Morgan fingerprint density at radius 1 is 1.22 bits per heavy atom. The summed E-state index contributed by atoms with van der Waals surface area (Å²) in [5.74, 6) is -1.30. The molecule has 0 saturated heterocycles. The van der Waals surface area contributed by atoms with Crippen molar-refractivity contribution in [3.8, 4) is 0 Å². The molecule has 0 aromatic heterocycles. The Kier molecular flexibility index (Phi) is 4.48. The van der Waals surface area contributed by atoms with E-state index in [2.05, 4.69) is 5.32 Å². The molecule has 0 radical (unpaired) electrons. The Morgan fingerprint density at radius 3 is 2.22 bits per heavy atom. The molecule has 0 aliphatic carbocycles. The molecule has 0 bridgehead atoms. The molecule has 2 N–H and O–H groups in total. The molecule has 1 aromatic carbocycles. The van der Waals surface area contributed by atoms with Gasteiger partial charge in [-0.1, -0.05) is 51.1 Å². The van der Waals surface area contributed by atoms with Gasteiger partial charge in [-0.15, -0.1) is 0 Å². The lowest BCUT2D eigenvalue weighted by Gasteiger charge is -2.20. The van der Waals surface area contributed by atoms with Crippen molar-refractivity contribution in [3.63, 3.8) is 0 Å². The van der Waals surface area contributed by atoms with Crippen LogP contribution in [0, 0.1) is 5.41 Å². The van der Waals surface area contributed by atoms with Gasteiger partial charge in [-0.2, -0.15) is 0 Å². The first kappa shape index (κ1) is 14.2. The van der Waals surface area contributed by atoms with Crippen LogP contribution in [0.5, 0.6) is 0 Å². The Balaban J connectivity index is 2.77. The van der Waals surface area contributed by atoms with Crippen LogP contribution in [0.1, 0.15) is 38.8 Å². The van der Waals surface area contributed by atoms with Crippen LogP contribution in [-0.2, 0) is 9.59 Å². The Morgan fingerprint density at radius 2 is 1.78 bits per heavy atom. The van der Waals surface area contributed by atoms with E-state index in [0.717, 1.165) is 0 Å². The van der Waals surface area contributed by atoms with Crippen molar-refractivity contribution >= 4 is 11.9 Å².